The van der Waals surface area contributed by atoms with Crippen LogP contribution in [0.25, 0.3) is 0 Å². The highest BCUT2D eigenvalue weighted by atomic mass is 15.3. The van der Waals surface area contributed by atoms with Gasteiger partial charge in [0.15, 0.2) is 0 Å². The van der Waals surface area contributed by atoms with Gasteiger partial charge < -0.3 is 10.3 Å². The maximum atomic E-state index is 5.45. The van der Waals surface area contributed by atoms with Crippen molar-refractivity contribution in [1.82, 2.24) is 4.98 Å². The molecule has 0 aliphatic carbocycles. The molecule has 3 rings (SSSR count). The lowest BCUT2D eigenvalue weighted by atomic mass is 9.96. The Morgan fingerprint density at radius 3 is 3.00 bits per heavy atom. The fraction of sp³-hybridized carbons (Fsp3) is 0.267. The quantitative estimate of drug-likeness (QED) is 0.639. The molecule has 19 heavy (non-hydrogen) atoms. The van der Waals surface area contributed by atoms with Gasteiger partial charge in [-0.1, -0.05) is 18.2 Å². The number of nitrogen functional groups attached to an aromatic ring is 1. The summed E-state index contributed by atoms with van der Waals surface area (Å²) in [5.41, 5.74) is 6.42. The topological polar surface area (TPSA) is 54.2 Å². The summed E-state index contributed by atoms with van der Waals surface area (Å²) in [5, 5.41) is 0. The molecule has 1 aliphatic rings. The molecule has 1 aliphatic heterocycles. The summed E-state index contributed by atoms with van der Waals surface area (Å²) in [4.78, 5) is 6.53. The lowest BCUT2D eigenvalue weighted by Crippen LogP contribution is -2.33. The molecule has 98 valence electrons. The number of anilines is 3. The first-order chi connectivity index (χ1) is 9.29. The zero-order valence-electron chi connectivity index (χ0n) is 11.0. The van der Waals surface area contributed by atoms with Gasteiger partial charge in [-0.25, -0.2) is 10.8 Å². The van der Waals surface area contributed by atoms with Gasteiger partial charge >= 0.3 is 0 Å². The number of benzene rings is 1. The summed E-state index contributed by atoms with van der Waals surface area (Å²) < 4.78 is 0. The second-order valence-corrected chi connectivity index (χ2v) is 4.93. The summed E-state index contributed by atoms with van der Waals surface area (Å²) in [5.74, 6) is 6.13. The first-order valence-electron chi connectivity index (χ1n) is 6.59. The molecular weight excluding hydrogens is 236 g/mol. The van der Waals surface area contributed by atoms with Crippen LogP contribution in [0.2, 0.25) is 0 Å². The second-order valence-electron chi connectivity index (χ2n) is 4.93. The van der Waals surface area contributed by atoms with Crippen LogP contribution in [0.3, 0.4) is 0 Å². The van der Waals surface area contributed by atoms with Gasteiger partial charge in [-0.05, 0) is 37.5 Å². The molecule has 0 spiro atoms. The highest BCUT2D eigenvalue weighted by molar-refractivity contribution is 5.70. The predicted molar refractivity (Wildman–Crippen MR) is 78.4 cm³/mol. The van der Waals surface area contributed by atoms with Crippen LogP contribution in [-0.2, 0) is 6.42 Å². The van der Waals surface area contributed by atoms with E-state index < -0.39 is 0 Å². The molecule has 1 atom stereocenters. The van der Waals surface area contributed by atoms with Crippen molar-refractivity contribution < 1.29 is 0 Å². The summed E-state index contributed by atoms with van der Waals surface area (Å²) >= 11 is 0. The van der Waals surface area contributed by atoms with Gasteiger partial charge in [0.05, 0.1) is 0 Å². The van der Waals surface area contributed by atoms with Gasteiger partial charge in [-0.15, -0.1) is 0 Å². The lowest BCUT2D eigenvalue weighted by molar-refractivity contribution is 0.618. The van der Waals surface area contributed by atoms with Crippen molar-refractivity contribution in [1.29, 1.82) is 0 Å². The molecule has 3 N–H and O–H groups in total. The molecule has 0 saturated heterocycles. The van der Waals surface area contributed by atoms with Gasteiger partial charge in [-0.2, -0.15) is 0 Å². The van der Waals surface area contributed by atoms with Crippen molar-refractivity contribution in [2.45, 2.75) is 25.8 Å². The first-order valence-corrected chi connectivity index (χ1v) is 6.59. The highest BCUT2D eigenvalue weighted by Crippen LogP contribution is 2.36. The second kappa shape index (κ2) is 4.90. The molecule has 1 aromatic heterocycles. The van der Waals surface area contributed by atoms with E-state index in [1.807, 2.05) is 12.1 Å². The number of hydrazine groups is 1. The Bertz CT molecular complexity index is 582. The fourth-order valence-electron chi connectivity index (χ4n) is 2.73. The fourth-order valence-corrected chi connectivity index (χ4v) is 2.73. The van der Waals surface area contributed by atoms with E-state index in [-0.39, 0.29) is 0 Å². The van der Waals surface area contributed by atoms with E-state index in [1.54, 1.807) is 6.20 Å². The number of nitrogens with zero attached hydrogens (tertiary/aromatic N) is 2. The van der Waals surface area contributed by atoms with Crippen LogP contribution in [0, 0.1) is 0 Å². The zero-order valence-corrected chi connectivity index (χ0v) is 11.0. The van der Waals surface area contributed by atoms with Crippen LogP contribution in [0.5, 0.6) is 0 Å². The number of para-hydroxylation sites is 1. The van der Waals surface area contributed by atoms with Gasteiger partial charge in [-0.3, -0.25) is 0 Å². The normalized spacial score (nSPS) is 18.0. The Balaban J connectivity index is 2.07. The van der Waals surface area contributed by atoms with E-state index in [9.17, 15) is 0 Å². The largest absolute Gasteiger partial charge is 0.338 e. The molecule has 1 aromatic carbocycles. The molecule has 0 radical (unpaired) electrons. The maximum absolute atomic E-state index is 5.45. The number of pyridine rings is 1. The van der Waals surface area contributed by atoms with Crippen LogP contribution in [-0.4, -0.2) is 11.0 Å². The summed E-state index contributed by atoms with van der Waals surface area (Å²) in [6, 6.07) is 13.1. The predicted octanol–water partition coefficient (Wildman–Crippen LogP) is 2.84. The molecule has 1 unspecified atom stereocenters. The Hall–Kier alpha value is -2.07. The SMILES string of the molecule is CC1CCc2ccccc2N1c1ccnc(NN)c1. The number of fused-ring (bicyclic) bond motifs is 1. The van der Waals surface area contributed by atoms with Crippen LogP contribution in [0.1, 0.15) is 18.9 Å². The van der Waals surface area contributed by atoms with E-state index in [2.05, 4.69) is 46.5 Å². The minimum absolute atomic E-state index is 0.475. The molecule has 2 heterocycles. The minimum Gasteiger partial charge on any atom is -0.338 e. The number of aryl methyl sites for hydroxylation is 1. The molecule has 0 fully saturated rings. The summed E-state index contributed by atoms with van der Waals surface area (Å²) in [6.45, 7) is 2.26. The standard InChI is InChI=1S/C15H18N4/c1-11-6-7-12-4-2-3-5-14(12)19(11)13-8-9-17-15(10-13)18-16/h2-5,8-11H,6-7,16H2,1H3,(H,17,18). The van der Waals surface area contributed by atoms with Crippen molar-refractivity contribution in [3.63, 3.8) is 0 Å². The Labute approximate surface area is 113 Å². The monoisotopic (exact) mass is 254 g/mol. The average molecular weight is 254 g/mol. The number of hydrogen-bond acceptors (Lipinski definition) is 4. The van der Waals surface area contributed by atoms with Crippen LogP contribution in [0.4, 0.5) is 17.2 Å². The molecule has 4 heteroatoms. The van der Waals surface area contributed by atoms with E-state index in [0.29, 0.717) is 11.9 Å². The Morgan fingerprint density at radius 1 is 1.32 bits per heavy atom. The highest BCUT2D eigenvalue weighted by Gasteiger charge is 2.24. The van der Waals surface area contributed by atoms with Crippen molar-refractivity contribution in [3.05, 3.63) is 48.2 Å². The van der Waals surface area contributed by atoms with Crippen molar-refractivity contribution in [3.8, 4) is 0 Å². The third-order valence-corrected chi connectivity index (χ3v) is 3.69. The van der Waals surface area contributed by atoms with Crippen molar-refractivity contribution in [2.24, 2.45) is 5.84 Å². The first kappa shape index (κ1) is 12.0. The third-order valence-electron chi connectivity index (χ3n) is 3.69. The minimum atomic E-state index is 0.475. The number of hydrogen-bond donors (Lipinski definition) is 2. The number of nitrogens with two attached hydrogens (primary N) is 1. The molecule has 4 nitrogen and oxygen atoms in total. The van der Waals surface area contributed by atoms with E-state index >= 15 is 0 Å². The van der Waals surface area contributed by atoms with Crippen molar-refractivity contribution >= 4 is 17.2 Å². The van der Waals surface area contributed by atoms with Gasteiger partial charge in [0.2, 0.25) is 0 Å². The Morgan fingerprint density at radius 2 is 2.16 bits per heavy atom. The number of rotatable bonds is 2. The van der Waals surface area contributed by atoms with Crippen LogP contribution >= 0.6 is 0 Å². The molecule has 0 saturated carbocycles. The van der Waals surface area contributed by atoms with Crippen LogP contribution < -0.4 is 16.2 Å². The smallest absolute Gasteiger partial charge is 0.141 e. The summed E-state index contributed by atoms with van der Waals surface area (Å²) in [7, 11) is 0. The maximum Gasteiger partial charge on any atom is 0.141 e. The van der Waals surface area contributed by atoms with E-state index in [4.69, 9.17) is 5.84 Å². The Kier molecular flexibility index (Phi) is 3.09. The third kappa shape index (κ3) is 2.15. The summed E-state index contributed by atoms with van der Waals surface area (Å²) in [6.07, 6.45) is 4.08. The van der Waals surface area contributed by atoms with Gasteiger partial charge in [0.25, 0.3) is 0 Å². The number of nitrogens with one attached hydrogen (secondary N) is 1. The van der Waals surface area contributed by atoms with Gasteiger partial charge in [0.1, 0.15) is 5.82 Å². The van der Waals surface area contributed by atoms with Crippen LogP contribution in [0.15, 0.2) is 42.6 Å². The number of aromatic nitrogens is 1. The molecule has 0 bridgehead atoms. The lowest BCUT2D eigenvalue weighted by Gasteiger charge is -2.37. The average Bonchev–Trinajstić information content (AvgIpc) is 2.47. The van der Waals surface area contributed by atoms with Crippen molar-refractivity contribution in [2.75, 3.05) is 10.3 Å². The van der Waals surface area contributed by atoms with E-state index in [1.165, 1.54) is 11.3 Å². The molecular formula is C15H18N4. The molecule has 2 aromatic rings. The van der Waals surface area contributed by atoms with E-state index in [0.717, 1.165) is 18.5 Å². The van der Waals surface area contributed by atoms with Gasteiger partial charge in [0, 0.05) is 29.7 Å². The zero-order chi connectivity index (χ0) is 13.2. The molecule has 0 amide bonds.